The van der Waals surface area contributed by atoms with Crippen LogP contribution in [0.25, 0.3) is 0 Å². The molecule has 0 bridgehead atoms. The molecular formula is C13H19ClN2OS. The summed E-state index contributed by atoms with van der Waals surface area (Å²) in [5.41, 5.74) is 5.38. The van der Waals surface area contributed by atoms with Gasteiger partial charge in [-0.25, -0.2) is 0 Å². The second-order valence-corrected chi connectivity index (χ2v) is 5.50. The van der Waals surface area contributed by atoms with Gasteiger partial charge in [0.2, 0.25) is 5.91 Å². The van der Waals surface area contributed by atoms with E-state index in [4.69, 9.17) is 17.3 Å². The van der Waals surface area contributed by atoms with Crippen LogP contribution in [0.4, 0.5) is 0 Å². The SMILES string of the molecule is NCCCCNC(=O)CCSc1ccc(Cl)cc1. The van der Waals surface area contributed by atoms with Gasteiger partial charge >= 0.3 is 0 Å². The number of benzene rings is 1. The molecule has 0 aliphatic carbocycles. The Balaban J connectivity index is 2.10. The summed E-state index contributed by atoms with van der Waals surface area (Å²) in [6, 6.07) is 7.64. The van der Waals surface area contributed by atoms with Gasteiger partial charge in [0.05, 0.1) is 0 Å². The first-order valence-corrected chi connectivity index (χ1v) is 7.44. The van der Waals surface area contributed by atoms with Crippen molar-refractivity contribution in [3.8, 4) is 0 Å². The van der Waals surface area contributed by atoms with Gasteiger partial charge in [0.25, 0.3) is 0 Å². The fourth-order valence-corrected chi connectivity index (χ4v) is 2.36. The lowest BCUT2D eigenvalue weighted by atomic mass is 10.3. The average molecular weight is 287 g/mol. The van der Waals surface area contributed by atoms with E-state index in [0.29, 0.717) is 13.0 Å². The molecular weight excluding hydrogens is 268 g/mol. The molecule has 0 spiro atoms. The van der Waals surface area contributed by atoms with Crippen LogP contribution in [0.1, 0.15) is 19.3 Å². The van der Waals surface area contributed by atoms with Crippen molar-refractivity contribution in [2.75, 3.05) is 18.8 Å². The Morgan fingerprint density at radius 2 is 2.00 bits per heavy atom. The standard InChI is InChI=1S/C13H19ClN2OS/c14-11-3-5-12(6-4-11)18-10-7-13(17)16-9-2-1-8-15/h3-6H,1-2,7-10,15H2,(H,16,17). The maximum Gasteiger partial charge on any atom is 0.220 e. The van der Waals surface area contributed by atoms with Gasteiger partial charge in [-0.1, -0.05) is 11.6 Å². The van der Waals surface area contributed by atoms with Crippen LogP contribution in [0.3, 0.4) is 0 Å². The second kappa shape index (κ2) is 9.25. The summed E-state index contributed by atoms with van der Waals surface area (Å²) in [7, 11) is 0. The van der Waals surface area contributed by atoms with Crippen molar-refractivity contribution in [3.05, 3.63) is 29.3 Å². The lowest BCUT2D eigenvalue weighted by molar-refractivity contribution is -0.120. The van der Waals surface area contributed by atoms with Gasteiger partial charge in [0.15, 0.2) is 0 Å². The summed E-state index contributed by atoms with van der Waals surface area (Å²) in [5, 5.41) is 3.62. The monoisotopic (exact) mass is 286 g/mol. The van der Waals surface area contributed by atoms with Crippen LogP contribution in [0, 0.1) is 0 Å². The average Bonchev–Trinajstić information content (AvgIpc) is 2.37. The molecule has 0 saturated carbocycles. The highest BCUT2D eigenvalue weighted by atomic mass is 35.5. The number of nitrogens with one attached hydrogen (secondary N) is 1. The maximum atomic E-state index is 11.5. The fraction of sp³-hybridized carbons (Fsp3) is 0.462. The van der Waals surface area contributed by atoms with Gasteiger partial charge in [-0.2, -0.15) is 0 Å². The van der Waals surface area contributed by atoms with Gasteiger partial charge < -0.3 is 11.1 Å². The van der Waals surface area contributed by atoms with Gasteiger partial charge in [-0.05, 0) is 43.7 Å². The van der Waals surface area contributed by atoms with Crippen molar-refractivity contribution < 1.29 is 4.79 Å². The first kappa shape index (κ1) is 15.3. The van der Waals surface area contributed by atoms with Gasteiger partial charge in [-0.15, -0.1) is 11.8 Å². The summed E-state index contributed by atoms with van der Waals surface area (Å²) < 4.78 is 0. The van der Waals surface area contributed by atoms with Crippen LogP contribution in [-0.2, 0) is 4.79 Å². The number of hydrogen-bond acceptors (Lipinski definition) is 3. The molecule has 1 aromatic carbocycles. The smallest absolute Gasteiger partial charge is 0.220 e. The number of hydrogen-bond donors (Lipinski definition) is 2. The Labute approximate surface area is 117 Å². The first-order valence-electron chi connectivity index (χ1n) is 6.07. The van der Waals surface area contributed by atoms with Crippen molar-refractivity contribution in [1.82, 2.24) is 5.32 Å². The Kier molecular flexibility index (Phi) is 7.89. The zero-order valence-corrected chi connectivity index (χ0v) is 11.9. The summed E-state index contributed by atoms with van der Waals surface area (Å²) in [5.74, 6) is 0.887. The predicted octanol–water partition coefficient (Wildman–Crippen LogP) is 2.68. The molecule has 3 nitrogen and oxygen atoms in total. The highest BCUT2D eigenvalue weighted by Crippen LogP contribution is 2.20. The van der Waals surface area contributed by atoms with Crippen LogP contribution in [0.2, 0.25) is 5.02 Å². The summed E-state index contributed by atoms with van der Waals surface area (Å²) in [4.78, 5) is 12.6. The molecule has 0 unspecified atom stereocenters. The van der Waals surface area contributed by atoms with E-state index in [1.54, 1.807) is 11.8 Å². The molecule has 100 valence electrons. The van der Waals surface area contributed by atoms with E-state index in [1.807, 2.05) is 24.3 Å². The molecule has 0 radical (unpaired) electrons. The Morgan fingerprint density at radius 1 is 1.28 bits per heavy atom. The van der Waals surface area contributed by atoms with Crippen LogP contribution in [0.15, 0.2) is 29.2 Å². The predicted molar refractivity (Wildman–Crippen MR) is 78.1 cm³/mol. The number of halogens is 1. The molecule has 0 fully saturated rings. The van der Waals surface area contributed by atoms with Crippen LogP contribution >= 0.6 is 23.4 Å². The van der Waals surface area contributed by atoms with E-state index in [9.17, 15) is 4.79 Å². The molecule has 0 aromatic heterocycles. The molecule has 1 aromatic rings. The number of rotatable bonds is 8. The molecule has 18 heavy (non-hydrogen) atoms. The molecule has 0 aliphatic heterocycles. The second-order valence-electron chi connectivity index (χ2n) is 3.90. The molecule has 0 saturated heterocycles. The third-order valence-corrected chi connectivity index (χ3v) is 3.63. The molecule has 1 rings (SSSR count). The molecule has 5 heteroatoms. The van der Waals surface area contributed by atoms with E-state index in [0.717, 1.165) is 35.1 Å². The molecule has 0 atom stereocenters. The van der Waals surface area contributed by atoms with Crippen LogP contribution in [-0.4, -0.2) is 24.7 Å². The Hall–Kier alpha value is -0.710. The largest absolute Gasteiger partial charge is 0.356 e. The van der Waals surface area contributed by atoms with Crippen LogP contribution in [0.5, 0.6) is 0 Å². The lowest BCUT2D eigenvalue weighted by Gasteiger charge is -2.04. The minimum absolute atomic E-state index is 0.105. The van der Waals surface area contributed by atoms with E-state index < -0.39 is 0 Å². The highest BCUT2D eigenvalue weighted by Gasteiger charge is 2.01. The van der Waals surface area contributed by atoms with Gasteiger partial charge in [-0.3, -0.25) is 4.79 Å². The minimum Gasteiger partial charge on any atom is -0.356 e. The van der Waals surface area contributed by atoms with Crippen molar-refractivity contribution in [2.24, 2.45) is 5.73 Å². The van der Waals surface area contributed by atoms with E-state index in [1.165, 1.54) is 0 Å². The van der Waals surface area contributed by atoms with Crippen molar-refractivity contribution in [3.63, 3.8) is 0 Å². The van der Waals surface area contributed by atoms with Gasteiger partial charge in [0.1, 0.15) is 0 Å². The number of carbonyl (C=O) groups excluding carboxylic acids is 1. The number of nitrogens with two attached hydrogens (primary N) is 1. The first-order chi connectivity index (χ1) is 8.72. The van der Waals surface area contributed by atoms with E-state index >= 15 is 0 Å². The zero-order chi connectivity index (χ0) is 13.2. The third-order valence-electron chi connectivity index (χ3n) is 2.36. The normalized spacial score (nSPS) is 10.3. The van der Waals surface area contributed by atoms with Crippen molar-refractivity contribution in [2.45, 2.75) is 24.2 Å². The van der Waals surface area contributed by atoms with Gasteiger partial charge in [0, 0.05) is 28.6 Å². The van der Waals surface area contributed by atoms with Crippen molar-refractivity contribution in [1.29, 1.82) is 0 Å². The summed E-state index contributed by atoms with van der Waals surface area (Å²) in [6.45, 7) is 1.41. The maximum absolute atomic E-state index is 11.5. The Bertz CT molecular complexity index is 357. The Morgan fingerprint density at radius 3 is 2.67 bits per heavy atom. The third kappa shape index (κ3) is 6.89. The number of amides is 1. The van der Waals surface area contributed by atoms with Crippen LogP contribution < -0.4 is 11.1 Å². The number of thioether (sulfide) groups is 1. The molecule has 0 aliphatic rings. The highest BCUT2D eigenvalue weighted by molar-refractivity contribution is 7.99. The molecule has 0 heterocycles. The molecule has 3 N–H and O–H groups in total. The molecule has 1 amide bonds. The fourth-order valence-electron chi connectivity index (χ4n) is 1.38. The van der Waals surface area contributed by atoms with E-state index in [2.05, 4.69) is 5.32 Å². The number of unbranched alkanes of at least 4 members (excludes halogenated alkanes) is 1. The lowest BCUT2D eigenvalue weighted by Crippen LogP contribution is -2.25. The minimum atomic E-state index is 0.105. The summed E-state index contributed by atoms with van der Waals surface area (Å²) >= 11 is 7.46. The quantitative estimate of drug-likeness (QED) is 0.571. The number of carbonyl (C=O) groups is 1. The topological polar surface area (TPSA) is 55.1 Å². The zero-order valence-electron chi connectivity index (χ0n) is 10.3. The van der Waals surface area contributed by atoms with Crippen molar-refractivity contribution >= 4 is 29.3 Å². The van der Waals surface area contributed by atoms with E-state index in [-0.39, 0.29) is 5.91 Å². The summed E-state index contributed by atoms with van der Waals surface area (Å²) in [6.07, 6.45) is 2.45.